The Morgan fingerprint density at radius 1 is 1.06 bits per heavy atom. The van der Waals surface area contributed by atoms with E-state index in [2.05, 4.69) is 28.2 Å². The van der Waals surface area contributed by atoms with Crippen molar-refractivity contribution in [2.45, 2.75) is 63.8 Å². The predicted octanol–water partition coefficient (Wildman–Crippen LogP) is 7.94. The van der Waals surface area contributed by atoms with Crippen LogP contribution < -0.4 is 5.32 Å². The molecule has 3 aliphatic carbocycles. The number of halogens is 2. The van der Waals surface area contributed by atoms with Crippen LogP contribution >= 0.6 is 27.5 Å². The monoisotopic (exact) mass is 510 g/mol. The van der Waals surface area contributed by atoms with Gasteiger partial charge in [-0.3, -0.25) is 4.79 Å². The Bertz CT molecular complexity index is 1170. The molecular formula is C27H28BrClN2O. The van der Waals surface area contributed by atoms with E-state index in [1.807, 2.05) is 48.5 Å². The fraction of sp³-hybridized carbons (Fsp3) is 0.407. The van der Waals surface area contributed by atoms with Crippen molar-refractivity contribution in [3.8, 4) is 11.3 Å². The van der Waals surface area contributed by atoms with Crippen LogP contribution in [0.4, 0.5) is 0 Å². The number of rotatable bonds is 4. The molecule has 166 valence electrons. The van der Waals surface area contributed by atoms with Crippen molar-refractivity contribution in [2.24, 2.45) is 5.41 Å². The second-order valence-electron chi connectivity index (χ2n) is 9.62. The molecule has 1 amide bonds. The van der Waals surface area contributed by atoms with Gasteiger partial charge in [0, 0.05) is 21.0 Å². The molecule has 3 aliphatic rings. The molecule has 32 heavy (non-hydrogen) atoms. The molecule has 1 N–H and O–H groups in total. The highest BCUT2D eigenvalue weighted by atomic mass is 79.9. The molecule has 0 atom stereocenters. The van der Waals surface area contributed by atoms with Crippen LogP contribution in [-0.2, 0) is 0 Å². The lowest BCUT2D eigenvalue weighted by Gasteiger charge is -2.43. The summed E-state index contributed by atoms with van der Waals surface area (Å²) >= 11 is 10.5. The molecule has 5 heteroatoms. The summed E-state index contributed by atoms with van der Waals surface area (Å²) in [5, 5.41) is 4.68. The van der Waals surface area contributed by atoms with Crippen molar-refractivity contribution in [1.29, 1.82) is 0 Å². The summed E-state index contributed by atoms with van der Waals surface area (Å²) in [4.78, 5) is 18.7. The fourth-order valence-corrected chi connectivity index (χ4v) is 6.50. The summed E-state index contributed by atoms with van der Waals surface area (Å²) in [6, 6.07) is 15.7. The third-order valence-corrected chi connectivity index (χ3v) is 8.78. The molecule has 0 spiro atoms. The van der Waals surface area contributed by atoms with Gasteiger partial charge in [-0.1, -0.05) is 77.6 Å². The largest absolute Gasteiger partial charge is 0.347 e. The maximum absolute atomic E-state index is 13.8. The summed E-state index contributed by atoms with van der Waals surface area (Å²) < 4.78 is 0.905. The van der Waals surface area contributed by atoms with Crippen LogP contribution in [0.1, 0.15) is 68.6 Å². The number of aromatic nitrogens is 1. The Morgan fingerprint density at radius 2 is 1.81 bits per heavy atom. The van der Waals surface area contributed by atoms with E-state index in [0.717, 1.165) is 40.2 Å². The number of hydrogen-bond donors (Lipinski definition) is 1. The zero-order chi connectivity index (χ0) is 22.3. The van der Waals surface area contributed by atoms with E-state index >= 15 is 0 Å². The lowest BCUT2D eigenvalue weighted by molar-refractivity contribution is 0.0806. The van der Waals surface area contributed by atoms with Crippen LogP contribution in [0.2, 0.25) is 5.02 Å². The average molecular weight is 512 g/mol. The van der Waals surface area contributed by atoms with E-state index in [9.17, 15) is 4.79 Å². The zero-order valence-corrected chi connectivity index (χ0v) is 20.7. The molecule has 0 radical (unpaired) electrons. The molecule has 3 nitrogen and oxygen atoms in total. The molecule has 0 aliphatic heterocycles. The van der Waals surface area contributed by atoms with Crippen LogP contribution in [0.25, 0.3) is 22.2 Å². The van der Waals surface area contributed by atoms with Crippen LogP contribution in [0.3, 0.4) is 0 Å². The van der Waals surface area contributed by atoms with Crippen molar-refractivity contribution in [1.82, 2.24) is 10.3 Å². The van der Waals surface area contributed by atoms with Gasteiger partial charge in [-0.2, -0.15) is 0 Å². The van der Waals surface area contributed by atoms with Crippen molar-refractivity contribution in [3.63, 3.8) is 0 Å². The number of fused-ring (bicyclic) bond motifs is 5. The number of nitrogens with one attached hydrogen (secondary N) is 1. The third-order valence-electron chi connectivity index (χ3n) is 7.92. The SMILES string of the molecule is CCC12CCCC(NC(=O)c3c(Cl)c(-c4ccccc4)nc4ccc(Br)cc34)(CC1)CC2. The highest BCUT2D eigenvalue weighted by Crippen LogP contribution is 2.51. The average Bonchev–Trinajstić information content (AvgIpc) is 3.10. The van der Waals surface area contributed by atoms with E-state index in [0.29, 0.717) is 21.7 Å². The Morgan fingerprint density at radius 3 is 2.53 bits per heavy atom. The smallest absolute Gasteiger partial charge is 0.253 e. The first-order valence-corrected chi connectivity index (χ1v) is 12.8. The van der Waals surface area contributed by atoms with E-state index in [-0.39, 0.29) is 11.4 Å². The molecule has 3 aromatic rings. The van der Waals surface area contributed by atoms with Gasteiger partial charge in [0.1, 0.15) is 0 Å². The minimum Gasteiger partial charge on any atom is -0.347 e. The Labute approximate surface area is 203 Å². The minimum atomic E-state index is -0.121. The van der Waals surface area contributed by atoms with Crippen LogP contribution in [0.15, 0.2) is 53.0 Å². The number of amides is 1. The van der Waals surface area contributed by atoms with Gasteiger partial charge in [0.15, 0.2) is 0 Å². The zero-order valence-electron chi connectivity index (χ0n) is 18.4. The fourth-order valence-electron chi connectivity index (χ4n) is 5.80. The number of nitrogens with zero attached hydrogens (tertiary/aromatic N) is 1. The summed E-state index contributed by atoms with van der Waals surface area (Å²) in [7, 11) is 0. The quantitative estimate of drug-likeness (QED) is 0.386. The molecule has 0 unspecified atom stereocenters. The van der Waals surface area contributed by atoms with Gasteiger partial charge in [-0.15, -0.1) is 0 Å². The van der Waals surface area contributed by atoms with E-state index in [1.54, 1.807) is 0 Å². The standard InChI is InChI=1S/C27H28BrClN2O/c1-2-26-11-6-12-27(15-13-26,16-14-26)31-25(32)22-20-17-19(28)9-10-21(20)30-24(23(22)29)18-7-4-3-5-8-18/h3-5,7-10,17H,2,6,11-16H2,1H3,(H,31,32). The summed E-state index contributed by atoms with van der Waals surface area (Å²) in [6.07, 6.45) is 9.28. The highest BCUT2D eigenvalue weighted by Gasteiger charge is 2.45. The number of carbonyl (C=O) groups excluding carboxylic acids is 1. The molecule has 0 saturated heterocycles. The summed E-state index contributed by atoms with van der Waals surface area (Å²) in [6.45, 7) is 2.32. The van der Waals surface area contributed by atoms with Gasteiger partial charge < -0.3 is 5.32 Å². The molecule has 3 fully saturated rings. The minimum absolute atomic E-state index is 0.0800. The first-order valence-electron chi connectivity index (χ1n) is 11.6. The van der Waals surface area contributed by atoms with Gasteiger partial charge in [0.25, 0.3) is 5.91 Å². The lowest BCUT2D eigenvalue weighted by atomic mass is 9.67. The molecule has 1 aromatic heterocycles. The van der Waals surface area contributed by atoms with Gasteiger partial charge in [-0.05, 0) is 62.1 Å². The Hall–Kier alpha value is -1.91. The third kappa shape index (κ3) is 3.86. The van der Waals surface area contributed by atoms with Crippen LogP contribution in [0, 0.1) is 5.41 Å². The van der Waals surface area contributed by atoms with Crippen molar-refractivity contribution in [2.75, 3.05) is 0 Å². The summed E-state index contributed by atoms with van der Waals surface area (Å²) in [5.41, 5.74) is 3.23. The van der Waals surface area contributed by atoms with Gasteiger partial charge in [0.2, 0.25) is 0 Å². The Balaban J connectivity index is 1.58. The number of carbonyl (C=O) groups is 1. The first kappa shape index (κ1) is 21.9. The van der Waals surface area contributed by atoms with E-state index in [4.69, 9.17) is 16.6 Å². The number of benzene rings is 2. The Kier molecular flexibility index (Phi) is 5.79. The van der Waals surface area contributed by atoms with Crippen molar-refractivity contribution >= 4 is 44.3 Å². The second-order valence-corrected chi connectivity index (χ2v) is 10.9. The summed E-state index contributed by atoms with van der Waals surface area (Å²) in [5.74, 6) is -0.0800. The lowest BCUT2D eigenvalue weighted by Crippen LogP contribution is -2.50. The second kappa shape index (κ2) is 8.46. The number of pyridine rings is 1. The van der Waals surface area contributed by atoms with E-state index < -0.39 is 0 Å². The molecule has 6 rings (SSSR count). The predicted molar refractivity (Wildman–Crippen MR) is 135 cm³/mol. The molecular weight excluding hydrogens is 484 g/mol. The van der Waals surface area contributed by atoms with Crippen LogP contribution in [-0.4, -0.2) is 16.4 Å². The van der Waals surface area contributed by atoms with Gasteiger partial charge >= 0.3 is 0 Å². The van der Waals surface area contributed by atoms with Gasteiger partial charge in [0.05, 0.1) is 21.8 Å². The normalized spacial score (nSPS) is 25.0. The highest BCUT2D eigenvalue weighted by molar-refractivity contribution is 9.10. The molecule has 2 bridgehead atoms. The van der Waals surface area contributed by atoms with Crippen molar-refractivity contribution in [3.05, 3.63) is 63.6 Å². The maximum atomic E-state index is 13.8. The van der Waals surface area contributed by atoms with Crippen LogP contribution in [0.5, 0.6) is 0 Å². The molecule has 2 aromatic carbocycles. The molecule has 3 saturated carbocycles. The maximum Gasteiger partial charge on any atom is 0.253 e. The van der Waals surface area contributed by atoms with E-state index in [1.165, 1.54) is 32.1 Å². The van der Waals surface area contributed by atoms with Gasteiger partial charge in [-0.25, -0.2) is 4.98 Å². The molecule has 1 heterocycles. The van der Waals surface area contributed by atoms with Crippen molar-refractivity contribution < 1.29 is 4.79 Å². The number of hydrogen-bond acceptors (Lipinski definition) is 2. The topological polar surface area (TPSA) is 42.0 Å². The first-order chi connectivity index (χ1) is 15.4.